The summed E-state index contributed by atoms with van der Waals surface area (Å²) < 4.78 is 0.868. The van der Waals surface area contributed by atoms with Crippen LogP contribution in [0.5, 0.6) is 5.75 Å². The highest BCUT2D eigenvalue weighted by Gasteiger charge is 2.14. The van der Waals surface area contributed by atoms with Crippen LogP contribution < -0.4 is 10.6 Å². The van der Waals surface area contributed by atoms with Gasteiger partial charge in [0.2, 0.25) is 0 Å². The molecule has 0 aliphatic heterocycles. The van der Waals surface area contributed by atoms with Crippen molar-refractivity contribution in [1.82, 2.24) is 15.3 Å². The van der Waals surface area contributed by atoms with Gasteiger partial charge in [-0.25, -0.2) is 9.78 Å². The number of aromatic nitrogens is 2. The molecule has 118 valence electrons. The summed E-state index contributed by atoms with van der Waals surface area (Å²) in [5.74, 6) is 0.116. The molecule has 3 rings (SSSR count). The maximum absolute atomic E-state index is 11.6. The van der Waals surface area contributed by atoms with Gasteiger partial charge in [0.25, 0.3) is 0 Å². The average molecular weight is 328 g/mol. The first-order chi connectivity index (χ1) is 11.1. The smallest absolute Gasteiger partial charge is 0.321 e. The molecule has 0 saturated carbocycles. The van der Waals surface area contributed by atoms with E-state index in [1.165, 1.54) is 11.3 Å². The Labute approximate surface area is 137 Å². The SMILES string of the molecule is CCNC(=O)Nc1nc2cc(O)cc(-c3cc(C)ccn3)c2s1. The summed E-state index contributed by atoms with van der Waals surface area (Å²) in [4.78, 5) is 20.4. The van der Waals surface area contributed by atoms with Crippen LogP contribution in [0, 0.1) is 6.92 Å². The lowest BCUT2D eigenvalue weighted by Gasteiger charge is -2.04. The van der Waals surface area contributed by atoms with Crippen LogP contribution in [-0.2, 0) is 0 Å². The highest BCUT2D eigenvalue weighted by molar-refractivity contribution is 7.22. The van der Waals surface area contributed by atoms with Gasteiger partial charge in [0.15, 0.2) is 5.13 Å². The number of carbonyl (C=O) groups is 1. The molecule has 0 bridgehead atoms. The van der Waals surface area contributed by atoms with Crippen LogP contribution in [0.2, 0.25) is 0 Å². The number of rotatable bonds is 3. The molecule has 23 heavy (non-hydrogen) atoms. The van der Waals surface area contributed by atoms with Gasteiger partial charge in [-0.15, -0.1) is 0 Å². The molecule has 0 spiro atoms. The van der Waals surface area contributed by atoms with Crippen molar-refractivity contribution < 1.29 is 9.90 Å². The van der Waals surface area contributed by atoms with Crippen molar-refractivity contribution in [3.63, 3.8) is 0 Å². The minimum atomic E-state index is -0.300. The van der Waals surface area contributed by atoms with E-state index in [9.17, 15) is 9.90 Å². The van der Waals surface area contributed by atoms with Crippen molar-refractivity contribution in [1.29, 1.82) is 0 Å². The number of fused-ring (bicyclic) bond motifs is 1. The Morgan fingerprint density at radius 2 is 2.17 bits per heavy atom. The largest absolute Gasteiger partial charge is 0.508 e. The molecule has 6 nitrogen and oxygen atoms in total. The fraction of sp³-hybridized carbons (Fsp3) is 0.188. The summed E-state index contributed by atoms with van der Waals surface area (Å²) in [5, 5.41) is 15.8. The molecule has 3 aromatic rings. The summed E-state index contributed by atoms with van der Waals surface area (Å²) in [5.41, 5.74) is 3.26. The summed E-state index contributed by atoms with van der Waals surface area (Å²) in [6, 6.07) is 6.81. The van der Waals surface area contributed by atoms with Gasteiger partial charge < -0.3 is 10.4 Å². The molecule has 2 amide bonds. The van der Waals surface area contributed by atoms with Gasteiger partial charge in [0.1, 0.15) is 5.75 Å². The standard InChI is InChI=1S/C16H16N4O2S/c1-3-17-15(22)20-16-19-13-8-10(21)7-11(14(13)23-16)12-6-9(2)4-5-18-12/h4-8,21H,3H2,1-2H3,(H2,17,19,20,22). The second-order valence-electron chi connectivity index (χ2n) is 5.06. The lowest BCUT2D eigenvalue weighted by molar-refractivity contribution is 0.252. The number of phenolic OH excluding ortho intramolecular Hbond substituents is 1. The Balaban J connectivity index is 2.08. The molecule has 3 N–H and O–H groups in total. The normalized spacial score (nSPS) is 10.7. The predicted molar refractivity (Wildman–Crippen MR) is 91.9 cm³/mol. The molecule has 0 aliphatic carbocycles. The van der Waals surface area contributed by atoms with Crippen LogP contribution in [0.25, 0.3) is 21.5 Å². The van der Waals surface area contributed by atoms with Crippen molar-refractivity contribution in [2.24, 2.45) is 0 Å². The van der Waals surface area contributed by atoms with Crippen LogP contribution in [0.4, 0.5) is 9.93 Å². The third-order valence-corrected chi connectivity index (χ3v) is 4.24. The number of anilines is 1. The number of nitrogens with zero attached hydrogens (tertiary/aromatic N) is 2. The molecule has 0 fully saturated rings. The molecule has 7 heteroatoms. The molecule has 0 radical (unpaired) electrons. The van der Waals surface area contributed by atoms with Gasteiger partial charge in [-0.05, 0) is 37.6 Å². The number of phenols is 1. The Kier molecular flexibility index (Phi) is 4.12. The zero-order valence-corrected chi connectivity index (χ0v) is 13.6. The quantitative estimate of drug-likeness (QED) is 0.686. The predicted octanol–water partition coefficient (Wildman–Crippen LogP) is 3.51. The lowest BCUT2D eigenvalue weighted by Crippen LogP contribution is -2.28. The third kappa shape index (κ3) is 3.24. The molecule has 0 aliphatic rings. The number of benzene rings is 1. The van der Waals surface area contributed by atoms with Gasteiger partial charge in [-0.1, -0.05) is 11.3 Å². The van der Waals surface area contributed by atoms with E-state index in [0.29, 0.717) is 17.2 Å². The topological polar surface area (TPSA) is 87.1 Å². The van der Waals surface area contributed by atoms with Gasteiger partial charge in [-0.3, -0.25) is 10.3 Å². The number of nitrogens with one attached hydrogen (secondary N) is 2. The minimum Gasteiger partial charge on any atom is -0.508 e. The van der Waals surface area contributed by atoms with Crippen LogP contribution in [0.3, 0.4) is 0 Å². The molecular weight excluding hydrogens is 312 g/mol. The number of carbonyl (C=O) groups excluding carboxylic acids is 1. The fourth-order valence-electron chi connectivity index (χ4n) is 2.25. The van der Waals surface area contributed by atoms with E-state index in [-0.39, 0.29) is 11.8 Å². The summed E-state index contributed by atoms with van der Waals surface area (Å²) in [7, 11) is 0. The minimum absolute atomic E-state index is 0.116. The van der Waals surface area contributed by atoms with Crippen molar-refractivity contribution in [2.75, 3.05) is 11.9 Å². The summed E-state index contributed by atoms with van der Waals surface area (Å²) in [6.07, 6.45) is 1.73. The Morgan fingerprint density at radius 1 is 1.35 bits per heavy atom. The van der Waals surface area contributed by atoms with E-state index in [2.05, 4.69) is 20.6 Å². The van der Waals surface area contributed by atoms with Crippen LogP contribution >= 0.6 is 11.3 Å². The van der Waals surface area contributed by atoms with Gasteiger partial charge in [0.05, 0.1) is 15.9 Å². The molecular formula is C16H16N4O2S. The van der Waals surface area contributed by atoms with Crippen molar-refractivity contribution in [3.05, 3.63) is 36.0 Å². The Bertz CT molecular complexity index is 876. The zero-order chi connectivity index (χ0) is 16.4. The molecule has 0 saturated heterocycles. The number of pyridine rings is 1. The van der Waals surface area contributed by atoms with Crippen LogP contribution in [0.15, 0.2) is 30.5 Å². The second kappa shape index (κ2) is 6.21. The molecule has 0 unspecified atom stereocenters. The van der Waals surface area contributed by atoms with E-state index in [4.69, 9.17) is 0 Å². The number of aryl methyl sites for hydroxylation is 1. The van der Waals surface area contributed by atoms with E-state index < -0.39 is 0 Å². The Morgan fingerprint density at radius 3 is 2.91 bits per heavy atom. The van der Waals surface area contributed by atoms with Gasteiger partial charge in [-0.2, -0.15) is 0 Å². The number of hydrogen-bond acceptors (Lipinski definition) is 5. The second-order valence-corrected chi connectivity index (χ2v) is 6.06. The molecule has 2 aromatic heterocycles. The van der Waals surface area contributed by atoms with Gasteiger partial charge >= 0.3 is 6.03 Å². The highest BCUT2D eigenvalue weighted by atomic mass is 32.1. The Hall–Kier alpha value is -2.67. The summed E-state index contributed by atoms with van der Waals surface area (Å²) in [6.45, 7) is 4.37. The monoisotopic (exact) mass is 328 g/mol. The van der Waals surface area contributed by atoms with E-state index in [1.54, 1.807) is 18.3 Å². The number of aromatic hydroxyl groups is 1. The maximum atomic E-state index is 11.6. The highest BCUT2D eigenvalue weighted by Crippen LogP contribution is 2.37. The molecule has 0 atom stereocenters. The number of urea groups is 1. The number of hydrogen-bond donors (Lipinski definition) is 3. The molecule has 2 heterocycles. The van der Waals surface area contributed by atoms with Crippen LogP contribution in [-0.4, -0.2) is 27.7 Å². The van der Waals surface area contributed by atoms with Crippen molar-refractivity contribution in [3.8, 4) is 17.0 Å². The first-order valence-electron chi connectivity index (χ1n) is 7.18. The average Bonchev–Trinajstić information content (AvgIpc) is 2.88. The van der Waals surface area contributed by atoms with E-state index in [0.717, 1.165) is 21.5 Å². The summed E-state index contributed by atoms with van der Waals surface area (Å²) >= 11 is 1.35. The lowest BCUT2D eigenvalue weighted by atomic mass is 10.1. The number of amides is 2. The fourth-order valence-corrected chi connectivity index (χ4v) is 3.21. The van der Waals surface area contributed by atoms with E-state index >= 15 is 0 Å². The molecule has 1 aromatic carbocycles. The van der Waals surface area contributed by atoms with E-state index in [1.807, 2.05) is 26.0 Å². The van der Waals surface area contributed by atoms with Crippen LogP contribution in [0.1, 0.15) is 12.5 Å². The maximum Gasteiger partial charge on any atom is 0.321 e. The van der Waals surface area contributed by atoms with Crippen molar-refractivity contribution in [2.45, 2.75) is 13.8 Å². The number of thiazole rings is 1. The third-order valence-electron chi connectivity index (χ3n) is 3.22. The first-order valence-corrected chi connectivity index (χ1v) is 8.00. The van der Waals surface area contributed by atoms with Gasteiger partial charge in [0, 0.05) is 24.4 Å². The van der Waals surface area contributed by atoms with Crippen molar-refractivity contribution >= 4 is 32.7 Å². The zero-order valence-electron chi connectivity index (χ0n) is 12.8. The first kappa shape index (κ1) is 15.2.